The summed E-state index contributed by atoms with van der Waals surface area (Å²) in [7, 11) is 0. The summed E-state index contributed by atoms with van der Waals surface area (Å²) in [5, 5.41) is 5.48. The average molecular weight is 376 g/mol. The van der Waals surface area contributed by atoms with Crippen molar-refractivity contribution in [3.63, 3.8) is 0 Å². The van der Waals surface area contributed by atoms with E-state index in [9.17, 15) is 9.18 Å². The Morgan fingerprint density at radius 3 is 2.63 bits per heavy atom. The van der Waals surface area contributed by atoms with E-state index in [-0.39, 0.29) is 11.9 Å². The minimum atomic E-state index is -0.390. The summed E-state index contributed by atoms with van der Waals surface area (Å²) in [6.45, 7) is 1.93. The number of hydrogen-bond donors (Lipinski definition) is 1. The van der Waals surface area contributed by atoms with E-state index >= 15 is 0 Å². The highest BCUT2D eigenvalue weighted by molar-refractivity contribution is 7.13. The molecule has 4 aromatic rings. The van der Waals surface area contributed by atoms with Crippen molar-refractivity contribution in [3.05, 3.63) is 89.1 Å². The van der Waals surface area contributed by atoms with Crippen LogP contribution in [0.5, 0.6) is 0 Å². The van der Waals surface area contributed by atoms with Gasteiger partial charge in [-0.2, -0.15) is 0 Å². The number of nitrogens with one attached hydrogen (secondary N) is 1. The zero-order valence-corrected chi connectivity index (χ0v) is 15.5. The van der Waals surface area contributed by atoms with Gasteiger partial charge in [-0.25, -0.2) is 9.37 Å². The van der Waals surface area contributed by atoms with Gasteiger partial charge in [0.15, 0.2) is 0 Å². The van der Waals surface area contributed by atoms with Crippen molar-refractivity contribution in [1.29, 1.82) is 0 Å². The molecule has 0 aliphatic rings. The van der Waals surface area contributed by atoms with Gasteiger partial charge in [0, 0.05) is 5.39 Å². The van der Waals surface area contributed by atoms with Crippen molar-refractivity contribution in [2.75, 3.05) is 0 Å². The number of carbonyl (C=O) groups is 1. The summed E-state index contributed by atoms with van der Waals surface area (Å²) in [4.78, 5) is 18.6. The zero-order chi connectivity index (χ0) is 18.8. The topological polar surface area (TPSA) is 42.0 Å². The monoisotopic (exact) mass is 376 g/mol. The number of hydrogen-bond acceptors (Lipinski definition) is 3. The van der Waals surface area contributed by atoms with E-state index in [1.54, 1.807) is 23.5 Å². The van der Waals surface area contributed by atoms with Crippen LogP contribution >= 0.6 is 11.3 Å². The molecule has 1 amide bonds. The summed E-state index contributed by atoms with van der Waals surface area (Å²) in [5.74, 6) is -0.638. The van der Waals surface area contributed by atoms with Crippen molar-refractivity contribution >= 4 is 28.1 Å². The van der Waals surface area contributed by atoms with E-state index in [2.05, 4.69) is 10.3 Å². The van der Waals surface area contributed by atoms with Crippen molar-refractivity contribution in [3.8, 4) is 10.6 Å². The Morgan fingerprint density at radius 2 is 1.89 bits per heavy atom. The largest absolute Gasteiger partial charge is 0.345 e. The maximum Gasteiger partial charge on any atom is 0.252 e. The van der Waals surface area contributed by atoms with Crippen LogP contribution in [0.15, 0.2) is 72.1 Å². The normalized spacial score (nSPS) is 12.1. The second kappa shape index (κ2) is 7.29. The first-order valence-electron chi connectivity index (χ1n) is 8.62. The lowest BCUT2D eigenvalue weighted by atomic mass is 10.0. The molecule has 0 fully saturated rings. The lowest BCUT2D eigenvalue weighted by Crippen LogP contribution is -2.27. The van der Waals surface area contributed by atoms with Crippen LogP contribution < -0.4 is 5.32 Å². The third-order valence-corrected chi connectivity index (χ3v) is 5.33. The van der Waals surface area contributed by atoms with Gasteiger partial charge in [0.1, 0.15) is 5.82 Å². The molecular weight excluding hydrogens is 359 g/mol. The number of thiophene rings is 1. The second-order valence-corrected chi connectivity index (χ2v) is 7.25. The molecule has 2 aromatic heterocycles. The van der Waals surface area contributed by atoms with Gasteiger partial charge in [-0.15, -0.1) is 11.3 Å². The average Bonchev–Trinajstić information content (AvgIpc) is 3.22. The summed E-state index contributed by atoms with van der Waals surface area (Å²) in [5.41, 5.74) is 2.74. The van der Waals surface area contributed by atoms with Gasteiger partial charge >= 0.3 is 0 Å². The van der Waals surface area contributed by atoms with E-state index in [4.69, 9.17) is 0 Å². The molecule has 1 N–H and O–H groups in total. The standard InChI is InChI=1S/C22H17FN2OS/c1-14(15-6-3-2-4-7-15)24-22(26)18-13-20(21-8-5-11-27-21)25-19-10-9-16(23)12-17(18)19/h2-14H,1H3,(H,24,26). The van der Waals surface area contributed by atoms with Gasteiger partial charge in [0.25, 0.3) is 5.91 Å². The Kier molecular flexibility index (Phi) is 4.69. The molecule has 0 aliphatic carbocycles. The number of carbonyl (C=O) groups excluding carboxylic acids is 1. The lowest BCUT2D eigenvalue weighted by molar-refractivity contribution is 0.0941. The molecule has 1 atom stereocenters. The zero-order valence-electron chi connectivity index (χ0n) is 14.6. The predicted molar refractivity (Wildman–Crippen MR) is 107 cm³/mol. The number of benzene rings is 2. The Balaban J connectivity index is 1.76. The fraction of sp³-hybridized carbons (Fsp3) is 0.0909. The van der Waals surface area contributed by atoms with Gasteiger partial charge in [-0.1, -0.05) is 36.4 Å². The minimum Gasteiger partial charge on any atom is -0.345 e. The SMILES string of the molecule is CC(NC(=O)c1cc(-c2cccs2)nc2ccc(F)cc12)c1ccccc1. The minimum absolute atomic E-state index is 0.166. The maximum absolute atomic E-state index is 13.8. The number of nitrogens with zero attached hydrogens (tertiary/aromatic N) is 1. The second-order valence-electron chi connectivity index (χ2n) is 6.30. The van der Waals surface area contributed by atoms with Crippen LogP contribution in [0.4, 0.5) is 4.39 Å². The van der Waals surface area contributed by atoms with Crippen LogP contribution in [-0.2, 0) is 0 Å². The van der Waals surface area contributed by atoms with Crippen LogP contribution in [-0.4, -0.2) is 10.9 Å². The molecule has 0 radical (unpaired) electrons. The molecule has 2 aromatic carbocycles. The molecular formula is C22H17FN2OS. The first-order chi connectivity index (χ1) is 13.1. The van der Waals surface area contributed by atoms with Gasteiger partial charge < -0.3 is 5.32 Å². The molecule has 2 heterocycles. The van der Waals surface area contributed by atoms with Crippen LogP contribution in [0.1, 0.15) is 28.9 Å². The number of aromatic nitrogens is 1. The fourth-order valence-electron chi connectivity index (χ4n) is 3.04. The highest BCUT2D eigenvalue weighted by Gasteiger charge is 2.17. The number of fused-ring (bicyclic) bond motifs is 1. The van der Waals surface area contributed by atoms with Crippen LogP contribution in [0.25, 0.3) is 21.5 Å². The Bertz CT molecular complexity index is 1090. The highest BCUT2D eigenvalue weighted by Crippen LogP contribution is 2.28. The van der Waals surface area contributed by atoms with Gasteiger partial charge in [0.05, 0.1) is 27.7 Å². The molecule has 4 rings (SSSR count). The smallest absolute Gasteiger partial charge is 0.252 e. The summed E-state index contributed by atoms with van der Waals surface area (Å²) in [6, 6.07) is 19.5. The van der Waals surface area contributed by atoms with Crippen LogP contribution in [0.2, 0.25) is 0 Å². The Morgan fingerprint density at radius 1 is 1.07 bits per heavy atom. The number of rotatable bonds is 4. The Hall–Kier alpha value is -3.05. The lowest BCUT2D eigenvalue weighted by Gasteiger charge is -2.16. The van der Waals surface area contributed by atoms with E-state index < -0.39 is 5.82 Å². The number of amides is 1. The third kappa shape index (κ3) is 3.59. The predicted octanol–water partition coefficient (Wildman–Crippen LogP) is 5.59. The summed E-state index contributed by atoms with van der Waals surface area (Å²) < 4.78 is 13.8. The molecule has 0 bridgehead atoms. The first-order valence-corrected chi connectivity index (χ1v) is 9.50. The van der Waals surface area contributed by atoms with Gasteiger partial charge in [-0.05, 0) is 48.2 Å². The number of pyridine rings is 1. The molecule has 134 valence electrons. The molecule has 27 heavy (non-hydrogen) atoms. The van der Waals surface area contributed by atoms with Crippen molar-refractivity contribution in [1.82, 2.24) is 10.3 Å². The van der Waals surface area contributed by atoms with E-state index in [1.165, 1.54) is 12.1 Å². The third-order valence-electron chi connectivity index (χ3n) is 4.44. The van der Waals surface area contributed by atoms with E-state index in [1.807, 2.05) is 54.8 Å². The van der Waals surface area contributed by atoms with Crippen molar-refractivity contribution in [2.24, 2.45) is 0 Å². The number of halogens is 1. The molecule has 0 aliphatic heterocycles. The molecule has 3 nitrogen and oxygen atoms in total. The molecule has 0 spiro atoms. The highest BCUT2D eigenvalue weighted by atomic mass is 32.1. The van der Waals surface area contributed by atoms with Gasteiger partial charge in [0.2, 0.25) is 0 Å². The molecule has 0 saturated carbocycles. The van der Waals surface area contributed by atoms with Crippen molar-refractivity contribution in [2.45, 2.75) is 13.0 Å². The van der Waals surface area contributed by atoms with Gasteiger partial charge in [-0.3, -0.25) is 4.79 Å². The maximum atomic E-state index is 13.8. The van der Waals surface area contributed by atoms with Crippen LogP contribution in [0, 0.1) is 5.82 Å². The first kappa shape index (κ1) is 17.4. The summed E-state index contributed by atoms with van der Waals surface area (Å²) in [6.07, 6.45) is 0. The Labute approximate surface area is 160 Å². The van der Waals surface area contributed by atoms with E-state index in [0.717, 1.165) is 10.4 Å². The molecule has 0 saturated heterocycles. The fourth-order valence-corrected chi connectivity index (χ4v) is 3.72. The molecule has 5 heteroatoms. The summed E-state index contributed by atoms with van der Waals surface area (Å²) >= 11 is 1.55. The van der Waals surface area contributed by atoms with Crippen LogP contribution in [0.3, 0.4) is 0 Å². The van der Waals surface area contributed by atoms with Crippen molar-refractivity contribution < 1.29 is 9.18 Å². The molecule has 1 unspecified atom stereocenters. The quantitative estimate of drug-likeness (QED) is 0.504. The van der Waals surface area contributed by atoms with E-state index in [0.29, 0.717) is 22.2 Å².